The maximum atomic E-state index is 12.5. The molecule has 0 saturated heterocycles. The lowest BCUT2D eigenvalue weighted by atomic mass is 9.48. The average molecular weight is 387 g/mol. The van der Waals surface area contributed by atoms with E-state index in [0.717, 1.165) is 51.4 Å². The smallest absolute Gasteiger partial charge is 0.306 e. The van der Waals surface area contributed by atoms with Gasteiger partial charge in [0.05, 0.1) is 6.42 Å². The molecule has 0 amide bonds. The third kappa shape index (κ3) is 3.11. The van der Waals surface area contributed by atoms with Gasteiger partial charge in [0.1, 0.15) is 11.9 Å². The fraction of sp³-hybridized carbons (Fsp3) is 0.783. The summed E-state index contributed by atoms with van der Waals surface area (Å²) < 4.78 is 5.56. The third-order valence-electron chi connectivity index (χ3n) is 8.60. The molecule has 0 heterocycles. The molecule has 6 atom stereocenters. The van der Waals surface area contributed by atoms with Crippen molar-refractivity contribution in [2.24, 2.45) is 28.6 Å². The van der Waals surface area contributed by atoms with Gasteiger partial charge in [-0.25, -0.2) is 0 Å². The number of carbonyl (C=O) groups is 3. The summed E-state index contributed by atoms with van der Waals surface area (Å²) in [6.07, 6.45) is 9.38. The summed E-state index contributed by atoms with van der Waals surface area (Å²) in [6.45, 7) is 4.58. The number of esters is 1. The Bertz CT molecular complexity index is 725. The van der Waals surface area contributed by atoms with E-state index in [2.05, 4.69) is 19.9 Å². The molecule has 0 aromatic rings. The molecule has 154 valence electrons. The maximum Gasteiger partial charge on any atom is 0.306 e. The summed E-state index contributed by atoms with van der Waals surface area (Å²) in [5.74, 6) is 0.554. The van der Waals surface area contributed by atoms with Crippen molar-refractivity contribution < 1.29 is 24.2 Å². The van der Waals surface area contributed by atoms with Crippen LogP contribution in [-0.4, -0.2) is 23.8 Å². The number of allylic oxidation sites excluding steroid dienone is 1. The first-order chi connectivity index (χ1) is 13.2. The van der Waals surface area contributed by atoms with Gasteiger partial charge in [0.25, 0.3) is 0 Å². The number of hydrogen-bond acceptors (Lipinski definition) is 5. The topological polar surface area (TPSA) is 83.5 Å². The van der Waals surface area contributed by atoms with Gasteiger partial charge in [0.15, 0.2) is 0 Å². The highest BCUT2D eigenvalue weighted by atomic mass is 16.5. The summed E-state index contributed by atoms with van der Waals surface area (Å²) in [4.78, 5) is 34.9. The van der Waals surface area contributed by atoms with Gasteiger partial charge in [0.2, 0.25) is 0 Å². The average Bonchev–Trinajstić information content (AvgIpc) is 2.95. The fourth-order valence-electron chi connectivity index (χ4n) is 6.95. The first-order valence-electron chi connectivity index (χ1n) is 10.9. The maximum absolute atomic E-state index is 12.5. The minimum absolute atomic E-state index is 0.103. The standard InChI is InChI=1S/C23H32O5/c1-22-11-9-15(28-21(27)8-7-20(25)26)13-14(22)3-4-16-17-5-6-19(24)23(17,2)12-10-18(16)22/h3,15-18H,4-13H2,1-2H3,(H,25,26)/p-1/t15-,16+,17-,18-,22-,23-/m0/s1. The monoisotopic (exact) mass is 387 g/mol. The van der Waals surface area contributed by atoms with Crippen LogP contribution in [0.1, 0.15) is 78.1 Å². The van der Waals surface area contributed by atoms with E-state index in [1.165, 1.54) is 5.57 Å². The van der Waals surface area contributed by atoms with Crippen LogP contribution in [-0.2, 0) is 19.1 Å². The second-order valence-corrected chi connectivity index (χ2v) is 9.90. The van der Waals surface area contributed by atoms with E-state index < -0.39 is 11.9 Å². The molecule has 4 aliphatic carbocycles. The predicted molar refractivity (Wildman–Crippen MR) is 101 cm³/mol. The van der Waals surface area contributed by atoms with Gasteiger partial charge < -0.3 is 14.6 Å². The zero-order valence-electron chi connectivity index (χ0n) is 17.0. The van der Waals surface area contributed by atoms with Crippen LogP contribution in [0.2, 0.25) is 0 Å². The summed E-state index contributed by atoms with van der Waals surface area (Å²) >= 11 is 0. The molecular formula is C23H31O5-. The molecule has 3 fully saturated rings. The summed E-state index contributed by atoms with van der Waals surface area (Å²) in [5, 5.41) is 10.5. The molecule has 0 spiro atoms. The van der Waals surface area contributed by atoms with Crippen molar-refractivity contribution in [2.75, 3.05) is 0 Å². The Labute approximate surface area is 166 Å². The van der Waals surface area contributed by atoms with Crippen LogP contribution in [0.25, 0.3) is 0 Å². The SMILES string of the molecule is C[C@]12CC[C@H](OC(=O)CCC(=O)[O-])CC1=CC[C@H]1[C@@H]2CC[C@]2(C)C(=O)CC[C@@H]12. The van der Waals surface area contributed by atoms with E-state index in [1.807, 2.05) is 0 Å². The number of ketones is 1. The number of carboxylic acids is 1. The molecule has 4 aliphatic rings. The van der Waals surface area contributed by atoms with E-state index >= 15 is 0 Å². The molecule has 0 aromatic carbocycles. The second-order valence-electron chi connectivity index (χ2n) is 9.90. The number of ether oxygens (including phenoxy) is 1. The first-order valence-corrected chi connectivity index (χ1v) is 10.9. The highest BCUT2D eigenvalue weighted by molar-refractivity contribution is 5.87. The molecule has 0 bridgehead atoms. The van der Waals surface area contributed by atoms with Gasteiger partial charge in [-0.2, -0.15) is 0 Å². The Balaban J connectivity index is 1.46. The van der Waals surface area contributed by atoms with Gasteiger partial charge in [-0.1, -0.05) is 25.5 Å². The highest BCUT2D eigenvalue weighted by Gasteiger charge is 2.58. The van der Waals surface area contributed by atoms with Gasteiger partial charge >= 0.3 is 5.97 Å². The van der Waals surface area contributed by atoms with E-state index in [1.54, 1.807) is 0 Å². The quantitative estimate of drug-likeness (QED) is 0.547. The van der Waals surface area contributed by atoms with Crippen LogP contribution in [0, 0.1) is 28.6 Å². The Hall–Kier alpha value is -1.65. The number of carboxylic acid groups (broad SMARTS) is 1. The molecule has 0 aliphatic heterocycles. The Kier molecular flexibility index (Phi) is 4.91. The van der Waals surface area contributed by atoms with Crippen LogP contribution in [0.5, 0.6) is 0 Å². The molecule has 0 radical (unpaired) electrons. The summed E-state index contributed by atoms with van der Waals surface area (Å²) in [5.41, 5.74) is 1.45. The molecule has 4 rings (SSSR count). The van der Waals surface area contributed by atoms with Crippen LogP contribution < -0.4 is 5.11 Å². The number of rotatable bonds is 4. The predicted octanol–water partition coefficient (Wildman–Crippen LogP) is 2.96. The van der Waals surface area contributed by atoms with E-state index in [-0.39, 0.29) is 29.8 Å². The summed E-state index contributed by atoms with van der Waals surface area (Å²) in [6, 6.07) is 0. The Morgan fingerprint density at radius 3 is 2.57 bits per heavy atom. The second kappa shape index (κ2) is 7.00. The van der Waals surface area contributed by atoms with Crippen LogP contribution in [0.15, 0.2) is 11.6 Å². The first kappa shape index (κ1) is 19.7. The van der Waals surface area contributed by atoms with Gasteiger partial charge in [-0.05, 0) is 68.1 Å². The third-order valence-corrected chi connectivity index (χ3v) is 8.60. The fourth-order valence-corrected chi connectivity index (χ4v) is 6.95. The zero-order chi connectivity index (χ0) is 20.1. The molecule has 0 N–H and O–H groups in total. The van der Waals surface area contributed by atoms with Crippen LogP contribution in [0.3, 0.4) is 0 Å². The van der Waals surface area contributed by atoms with Gasteiger partial charge in [-0.3, -0.25) is 9.59 Å². The largest absolute Gasteiger partial charge is 0.550 e. The van der Waals surface area contributed by atoms with Crippen molar-refractivity contribution in [1.82, 2.24) is 0 Å². The van der Waals surface area contributed by atoms with Crippen LogP contribution >= 0.6 is 0 Å². The zero-order valence-corrected chi connectivity index (χ0v) is 17.0. The van der Waals surface area contributed by atoms with Crippen LogP contribution in [0.4, 0.5) is 0 Å². The van der Waals surface area contributed by atoms with Crippen molar-refractivity contribution in [2.45, 2.75) is 84.2 Å². The summed E-state index contributed by atoms with van der Waals surface area (Å²) in [7, 11) is 0. The van der Waals surface area contributed by atoms with Crippen molar-refractivity contribution in [1.29, 1.82) is 0 Å². The van der Waals surface area contributed by atoms with E-state index in [9.17, 15) is 19.5 Å². The highest BCUT2D eigenvalue weighted by Crippen LogP contribution is 2.64. The molecular weight excluding hydrogens is 356 g/mol. The number of carbonyl (C=O) groups excluding carboxylic acids is 3. The number of hydrogen-bond donors (Lipinski definition) is 0. The van der Waals surface area contributed by atoms with Gasteiger partial charge in [0, 0.05) is 24.2 Å². The molecule has 0 aromatic heterocycles. The molecule has 3 saturated carbocycles. The lowest BCUT2D eigenvalue weighted by Crippen LogP contribution is -2.50. The molecule has 5 nitrogen and oxygen atoms in total. The molecule has 28 heavy (non-hydrogen) atoms. The lowest BCUT2D eigenvalue weighted by Gasteiger charge is -2.56. The normalized spacial score (nSPS) is 42.1. The number of fused-ring (bicyclic) bond motifs is 5. The minimum atomic E-state index is -1.22. The molecule has 0 unspecified atom stereocenters. The minimum Gasteiger partial charge on any atom is -0.550 e. The molecule has 5 heteroatoms. The van der Waals surface area contributed by atoms with E-state index in [4.69, 9.17) is 4.74 Å². The Morgan fingerprint density at radius 2 is 1.82 bits per heavy atom. The van der Waals surface area contributed by atoms with Gasteiger partial charge in [-0.15, -0.1) is 0 Å². The number of aliphatic carboxylic acids is 1. The lowest BCUT2D eigenvalue weighted by molar-refractivity contribution is -0.305. The Morgan fingerprint density at radius 1 is 1.11 bits per heavy atom. The van der Waals surface area contributed by atoms with Crippen molar-refractivity contribution in [3.63, 3.8) is 0 Å². The van der Waals surface area contributed by atoms with Crippen molar-refractivity contribution in [3.05, 3.63) is 11.6 Å². The van der Waals surface area contributed by atoms with Crippen molar-refractivity contribution >= 4 is 17.7 Å². The van der Waals surface area contributed by atoms with E-state index in [0.29, 0.717) is 23.5 Å². The number of Topliss-reactive ketones (excluding diaryl/α,β-unsaturated/α-hetero) is 1. The van der Waals surface area contributed by atoms with Crippen molar-refractivity contribution in [3.8, 4) is 0 Å².